The van der Waals surface area contributed by atoms with Crippen LogP contribution in [0, 0.1) is 20.8 Å². The lowest BCUT2D eigenvalue weighted by Gasteiger charge is -2.05. The Bertz CT molecular complexity index is 1650. The van der Waals surface area contributed by atoms with E-state index >= 15 is 0 Å². The number of halogens is 2. The highest BCUT2D eigenvalue weighted by atomic mass is 35.5. The molecule has 5 nitrogen and oxygen atoms in total. The zero-order chi connectivity index (χ0) is 25.4. The normalized spacial score (nSPS) is 11.5. The molecule has 0 aliphatic carbocycles. The molecule has 1 amide bonds. The number of anilines is 1. The number of rotatable bonds is 5. The van der Waals surface area contributed by atoms with Crippen LogP contribution in [0.25, 0.3) is 40.0 Å². The Kier molecular flexibility index (Phi) is 6.44. The predicted molar refractivity (Wildman–Crippen MR) is 145 cm³/mol. The number of oxazole rings is 1. The lowest BCUT2D eigenvalue weighted by atomic mass is 10.1. The molecule has 0 saturated heterocycles. The summed E-state index contributed by atoms with van der Waals surface area (Å²) in [5, 5.41) is 3.99. The molecule has 2 aromatic heterocycles. The molecule has 0 spiro atoms. The zero-order valence-electron chi connectivity index (χ0n) is 19.9. The topological polar surface area (TPSA) is 68.3 Å². The number of amides is 1. The second kappa shape index (κ2) is 9.69. The summed E-state index contributed by atoms with van der Waals surface area (Å²) in [6.07, 6.45) is 3.02. The van der Waals surface area contributed by atoms with Gasteiger partial charge in [0.15, 0.2) is 5.58 Å². The van der Waals surface area contributed by atoms with E-state index in [-0.39, 0.29) is 5.91 Å². The number of hydrogen-bond acceptors (Lipinski definition) is 4. The summed E-state index contributed by atoms with van der Waals surface area (Å²) in [5.74, 6) is 1.30. The molecule has 0 atom stereocenters. The maximum absolute atomic E-state index is 12.6. The van der Waals surface area contributed by atoms with Gasteiger partial charge >= 0.3 is 0 Å². The second-order valence-electron chi connectivity index (χ2n) is 8.63. The van der Waals surface area contributed by atoms with Gasteiger partial charge in [-0.1, -0.05) is 41.4 Å². The van der Waals surface area contributed by atoms with E-state index in [0.717, 1.165) is 33.4 Å². The number of benzene rings is 3. The quantitative estimate of drug-likeness (QED) is 0.237. The number of nitrogens with one attached hydrogen (secondary N) is 1. The van der Waals surface area contributed by atoms with Gasteiger partial charge in [-0.05, 0) is 86.0 Å². The SMILES string of the molecule is Cc1cc(C)c2oc(-c3cc(NC(=O)/C=C/c4ccc(-c5ccc(C)c(Cl)c5)o4)ccc3Cl)nc2c1. The smallest absolute Gasteiger partial charge is 0.248 e. The fraction of sp³-hybridized carbons (Fsp3) is 0.103. The van der Waals surface area contributed by atoms with Crippen LogP contribution in [0.5, 0.6) is 0 Å². The number of fused-ring (bicyclic) bond motifs is 1. The molecule has 0 radical (unpaired) electrons. The molecule has 180 valence electrons. The molecule has 0 aliphatic rings. The molecule has 0 fully saturated rings. The molecule has 5 rings (SSSR count). The highest BCUT2D eigenvalue weighted by Gasteiger charge is 2.15. The minimum absolute atomic E-state index is 0.316. The Hall–Kier alpha value is -3.80. The van der Waals surface area contributed by atoms with Crippen molar-refractivity contribution in [3.05, 3.63) is 99.2 Å². The highest BCUT2D eigenvalue weighted by molar-refractivity contribution is 6.33. The lowest BCUT2D eigenvalue weighted by molar-refractivity contribution is -0.111. The van der Waals surface area contributed by atoms with Gasteiger partial charge in [0.25, 0.3) is 0 Å². The Morgan fingerprint density at radius 1 is 0.889 bits per heavy atom. The summed E-state index contributed by atoms with van der Waals surface area (Å²) < 4.78 is 11.8. The third kappa shape index (κ3) is 4.94. The van der Waals surface area contributed by atoms with Crippen molar-refractivity contribution in [2.24, 2.45) is 0 Å². The van der Waals surface area contributed by atoms with Crippen molar-refractivity contribution in [3.63, 3.8) is 0 Å². The third-order valence-electron chi connectivity index (χ3n) is 5.77. The minimum atomic E-state index is -0.316. The summed E-state index contributed by atoms with van der Waals surface area (Å²) in [6, 6.07) is 18.5. The molecule has 0 bridgehead atoms. The van der Waals surface area contributed by atoms with Crippen LogP contribution in [0.4, 0.5) is 5.69 Å². The van der Waals surface area contributed by atoms with Crippen LogP contribution in [0.1, 0.15) is 22.5 Å². The Balaban J connectivity index is 1.32. The largest absolute Gasteiger partial charge is 0.457 e. The Labute approximate surface area is 218 Å². The number of aryl methyl sites for hydroxylation is 3. The number of aromatic nitrogens is 1. The minimum Gasteiger partial charge on any atom is -0.457 e. The van der Waals surface area contributed by atoms with Gasteiger partial charge in [-0.25, -0.2) is 4.98 Å². The molecule has 0 unspecified atom stereocenters. The summed E-state index contributed by atoms with van der Waals surface area (Å²) >= 11 is 12.6. The van der Waals surface area contributed by atoms with E-state index in [1.807, 2.05) is 57.2 Å². The van der Waals surface area contributed by atoms with Crippen molar-refractivity contribution in [2.75, 3.05) is 5.32 Å². The molecule has 2 heterocycles. The van der Waals surface area contributed by atoms with Crippen LogP contribution >= 0.6 is 23.2 Å². The van der Waals surface area contributed by atoms with E-state index in [1.165, 1.54) is 6.08 Å². The van der Waals surface area contributed by atoms with Crippen molar-refractivity contribution in [1.29, 1.82) is 0 Å². The van der Waals surface area contributed by atoms with E-state index in [4.69, 9.17) is 32.0 Å². The molecule has 0 saturated carbocycles. The van der Waals surface area contributed by atoms with Crippen LogP contribution in [-0.2, 0) is 4.79 Å². The predicted octanol–water partition coefficient (Wildman–Crippen LogP) is 8.64. The van der Waals surface area contributed by atoms with E-state index in [0.29, 0.717) is 38.7 Å². The first-order valence-electron chi connectivity index (χ1n) is 11.3. The first-order valence-corrected chi connectivity index (χ1v) is 12.1. The van der Waals surface area contributed by atoms with Gasteiger partial charge in [0.1, 0.15) is 17.0 Å². The molecule has 1 N–H and O–H groups in total. The van der Waals surface area contributed by atoms with Gasteiger partial charge in [0.05, 0.1) is 10.6 Å². The standard InChI is InChI=1S/C29H22Cl2N2O3/c1-16-12-18(3)28-25(13-16)33-29(36-28)22-15-20(6-9-23(22)30)32-27(34)11-8-21-7-10-26(35-21)19-5-4-17(2)24(31)14-19/h4-15H,1-3H3,(H,32,34)/b11-8+. The number of furan rings is 1. The monoisotopic (exact) mass is 516 g/mol. The number of carbonyl (C=O) groups is 1. The van der Waals surface area contributed by atoms with Crippen molar-refractivity contribution in [2.45, 2.75) is 20.8 Å². The lowest BCUT2D eigenvalue weighted by Crippen LogP contribution is -2.07. The van der Waals surface area contributed by atoms with Crippen molar-refractivity contribution >= 4 is 52.0 Å². The third-order valence-corrected chi connectivity index (χ3v) is 6.50. The molecule has 0 aliphatic heterocycles. The van der Waals surface area contributed by atoms with Crippen molar-refractivity contribution < 1.29 is 13.6 Å². The van der Waals surface area contributed by atoms with Crippen LogP contribution in [0.15, 0.2) is 75.6 Å². The van der Waals surface area contributed by atoms with Crippen molar-refractivity contribution in [3.8, 4) is 22.8 Å². The van der Waals surface area contributed by atoms with E-state index in [9.17, 15) is 4.79 Å². The van der Waals surface area contributed by atoms with Gasteiger partial charge in [-0.15, -0.1) is 0 Å². The van der Waals surface area contributed by atoms with Crippen molar-refractivity contribution in [1.82, 2.24) is 4.98 Å². The molecular formula is C29H22Cl2N2O3. The van der Waals surface area contributed by atoms with Gasteiger partial charge in [-0.3, -0.25) is 4.79 Å². The van der Waals surface area contributed by atoms with Gasteiger partial charge < -0.3 is 14.2 Å². The summed E-state index contributed by atoms with van der Waals surface area (Å²) in [5.41, 5.74) is 6.61. The highest BCUT2D eigenvalue weighted by Crippen LogP contribution is 2.33. The first-order chi connectivity index (χ1) is 17.3. The fourth-order valence-electron chi connectivity index (χ4n) is 3.94. The summed E-state index contributed by atoms with van der Waals surface area (Å²) in [6.45, 7) is 5.94. The number of carbonyl (C=O) groups excluding carboxylic acids is 1. The molecular weight excluding hydrogens is 495 g/mol. The first kappa shape index (κ1) is 23.9. The molecule has 3 aromatic carbocycles. The van der Waals surface area contributed by atoms with Gasteiger partial charge in [0, 0.05) is 22.3 Å². The van der Waals surface area contributed by atoms with E-state index in [1.54, 1.807) is 30.3 Å². The molecule has 36 heavy (non-hydrogen) atoms. The Morgan fingerprint density at radius 2 is 1.72 bits per heavy atom. The maximum Gasteiger partial charge on any atom is 0.248 e. The van der Waals surface area contributed by atoms with Gasteiger partial charge in [-0.2, -0.15) is 0 Å². The molecule has 5 aromatic rings. The summed E-state index contributed by atoms with van der Waals surface area (Å²) in [7, 11) is 0. The van der Waals surface area contributed by atoms with Gasteiger partial charge in [0.2, 0.25) is 11.8 Å². The fourth-order valence-corrected chi connectivity index (χ4v) is 4.32. The Morgan fingerprint density at radius 3 is 2.53 bits per heavy atom. The number of hydrogen-bond donors (Lipinski definition) is 1. The second-order valence-corrected chi connectivity index (χ2v) is 9.45. The summed E-state index contributed by atoms with van der Waals surface area (Å²) in [4.78, 5) is 17.2. The maximum atomic E-state index is 12.6. The number of nitrogens with zero attached hydrogens (tertiary/aromatic N) is 1. The zero-order valence-corrected chi connectivity index (χ0v) is 21.4. The van der Waals surface area contributed by atoms with E-state index < -0.39 is 0 Å². The molecule has 7 heteroatoms. The van der Waals surface area contributed by atoms with Crippen LogP contribution in [-0.4, -0.2) is 10.9 Å². The van der Waals surface area contributed by atoms with Crippen LogP contribution in [0.2, 0.25) is 10.0 Å². The average Bonchev–Trinajstić information content (AvgIpc) is 3.48. The van der Waals surface area contributed by atoms with Crippen LogP contribution < -0.4 is 5.32 Å². The van der Waals surface area contributed by atoms with Crippen LogP contribution in [0.3, 0.4) is 0 Å². The van der Waals surface area contributed by atoms with E-state index in [2.05, 4.69) is 10.3 Å². The average molecular weight is 517 g/mol.